The third-order valence-electron chi connectivity index (χ3n) is 5.88. The van der Waals surface area contributed by atoms with E-state index < -0.39 is 39.6 Å². The quantitative estimate of drug-likeness (QED) is 0.237. The van der Waals surface area contributed by atoms with Crippen molar-refractivity contribution in [1.29, 1.82) is 0 Å². The molecule has 0 spiro atoms. The number of ether oxygens (including phenoxy) is 2. The van der Waals surface area contributed by atoms with E-state index in [-0.39, 0.29) is 17.1 Å². The summed E-state index contributed by atoms with van der Waals surface area (Å²) in [5, 5.41) is 0. The van der Waals surface area contributed by atoms with Crippen LogP contribution in [-0.2, 0) is 14.3 Å². The molecule has 9 heteroatoms. The molecule has 2 N–H and O–H groups in total. The lowest BCUT2D eigenvalue weighted by molar-refractivity contribution is 0.0681. The van der Waals surface area contributed by atoms with E-state index in [2.05, 4.69) is 0 Å². The van der Waals surface area contributed by atoms with E-state index in [1.54, 1.807) is 48.5 Å². The molecule has 0 saturated heterocycles. The van der Waals surface area contributed by atoms with E-state index in [0.717, 1.165) is 17.4 Å². The van der Waals surface area contributed by atoms with Crippen molar-refractivity contribution in [2.24, 2.45) is 11.1 Å². The maximum Gasteiger partial charge on any atom is 0.343 e. The second-order valence-electron chi connectivity index (χ2n) is 10.3. The van der Waals surface area contributed by atoms with E-state index >= 15 is 0 Å². The standard InChI is InChI=1S/C29H33NO7S/c1-18-7-11-20(12-8-18)27(31)35-23-16-15-22(25(37-38(6,33)34)26(30)29(3,4)5)17-24(23)36-28(32)21-13-9-19(2)10-14-21/h7-17,25-26H,30H2,1-6H3. The topological polar surface area (TPSA) is 122 Å². The molecular formula is C29H33NO7S. The van der Waals surface area contributed by atoms with Gasteiger partial charge in [0, 0.05) is 6.04 Å². The predicted molar refractivity (Wildman–Crippen MR) is 145 cm³/mol. The normalized spacial score (nSPS) is 13.4. The fourth-order valence-electron chi connectivity index (χ4n) is 3.53. The van der Waals surface area contributed by atoms with Crippen molar-refractivity contribution < 1.29 is 31.7 Å². The average molecular weight is 540 g/mol. The maximum atomic E-state index is 13.0. The van der Waals surface area contributed by atoms with Crippen LogP contribution >= 0.6 is 0 Å². The number of rotatable bonds is 8. The van der Waals surface area contributed by atoms with Crippen LogP contribution in [0.15, 0.2) is 66.7 Å². The first-order valence-corrected chi connectivity index (χ1v) is 13.8. The van der Waals surface area contributed by atoms with Crippen molar-refractivity contribution in [2.75, 3.05) is 6.26 Å². The van der Waals surface area contributed by atoms with E-state index in [0.29, 0.717) is 11.1 Å². The molecule has 0 heterocycles. The van der Waals surface area contributed by atoms with Crippen molar-refractivity contribution in [3.8, 4) is 11.5 Å². The van der Waals surface area contributed by atoms with E-state index in [4.69, 9.17) is 19.4 Å². The first-order valence-electron chi connectivity index (χ1n) is 12.0. The first kappa shape index (κ1) is 29.0. The van der Waals surface area contributed by atoms with E-state index in [1.165, 1.54) is 18.2 Å². The molecule has 8 nitrogen and oxygen atoms in total. The zero-order valence-electron chi connectivity index (χ0n) is 22.3. The van der Waals surface area contributed by atoms with Gasteiger partial charge in [-0.2, -0.15) is 8.42 Å². The Labute approximate surface area is 223 Å². The minimum Gasteiger partial charge on any atom is -0.419 e. The van der Waals surface area contributed by atoms with Gasteiger partial charge in [0.25, 0.3) is 10.1 Å². The van der Waals surface area contributed by atoms with Crippen LogP contribution in [-0.4, -0.2) is 32.7 Å². The number of carbonyl (C=O) groups excluding carboxylic acids is 2. The lowest BCUT2D eigenvalue weighted by Gasteiger charge is -2.33. The number of hydrogen-bond acceptors (Lipinski definition) is 8. The van der Waals surface area contributed by atoms with Crippen molar-refractivity contribution in [3.63, 3.8) is 0 Å². The van der Waals surface area contributed by atoms with Crippen LogP contribution in [0.2, 0.25) is 0 Å². The van der Waals surface area contributed by atoms with Gasteiger partial charge in [-0.3, -0.25) is 4.18 Å². The average Bonchev–Trinajstić information content (AvgIpc) is 2.83. The van der Waals surface area contributed by atoms with Gasteiger partial charge in [0.1, 0.15) is 6.10 Å². The second-order valence-corrected chi connectivity index (χ2v) is 11.9. The first-order chi connectivity index (χ1) is 17.6. The van der Waals surface area contributed by atoms with Gasteiger partial charge in [-0.15, -0.1) is 0 Å². The third kappa shape index (κ3) is 7.74. The van der Waals surface area contributed by atoms with Crippen LogP contribution in [0.4, 0.5) is 0 Å². The Morgan fingerprint density at radius 1 is 0.763 bits per heavy atom. The molecule has 0 bridgehead atoms. The molecule has 0 saturated carbocycles. The summed E-state index contributed by atoms with van der Waals surface area (Å²) in [7, 11) is -3.90. The molecule has 0 radical (unpaired) electrons. The maximum absolute atomic E-state index is 13.0. The Morgan fingerprint density at radius 2 is 1.21 bits per heavy atom. The molecule has 2 atom stereocenters. The molecule has 2 unspecified atom stereocenters. The Kier molecular flexibility index (Phi) is 8.76. The number of carbonyl (C=O) groups is 2. The van der Waals surface area contributed by atoms with Gasteiger partial charge in [0.15, 0.2) is 11.5 Å². The van der Waals surface area contributed by atoms with Crippen LogP contribution in [0, 0.1) is 19.3 Å². The largest absolute Gasteiger partial charge is 0.419 e. The van der Waals surface area contributed by atoms with Crippen LogP contribution in [0.5, 0.6) is 11.5 Å². The Morgan fingerprint density at radius 3 is 1.63 bits per heavy atom. The van der Waals surface area contributed by atoms with Gasteiger partial charge in [0.05, 0.1) is 17.4 Å². The highest BCUT2D eigenvalue weighted by atomic mass is 32.2. The number of benzene rings is 3. The zero-order valence-corrected chi connectivity index (χ0v) is 23.2. The monoisotopic (exact) mass is 539 g/mol. The molecule has 0 amide bonds. The summed E-state index contributed by atoms with van der Waals surface area (Å²) in [6.45, 7) is 9.35. The second kappa shape index (κ2) is 11.5. The molecule has 38 heavy (non-hydrogen) atoms. The number of nitrogens with two attached hydrogens (primary N) is 1. The number of aryl methyl sites for hydroxylation is 2. The van der Waals surface area contributed by atoms with Gasteiger partial charge in [-0.25, -0.2) is 9.59 Å². The summed E-state index contributed by atoms with van der Waals surface area (Å²) < 4.78 is 40.8. The Bertz CT molecular complexity index is 1410. The summed E-state index contributed by atoms with van der Waals surface area (Å²) in [6, 6.07) is 17.2. The van der Waals surface area contributed by atoms with Gasteiger partial charge < -0.3 is 15.2 Å². The molecule has 0 fully saturated rings. The van der Waals surface area contributed by atoms with Gasteiger partial charge >= 0.3 is 11.9 Å². The van der Waals surface area contributed by atoms with Crippen molar-refractivity contribution >= 4 is 22.1 Å². The van der Waals surface area contributed by atoms with Crippen LogP contribution in [0.1, 0.15) is 64.3 Å². The minimum atomic E-state index is -3.90. The number of hydrogen-bond donors (Lipinski definition) is 1. The molecule has 0 aromatic heterocycles. The van der Waals surface area contributed by atoms with Gasteiger partial charge in [-0.1, -0.05) is 62.2 Å². The highest BCUT2D eigenvalue weighted by Gasteiger charge is 2.34. The summed E-state index contributed by atoms with van der Waals surface area (Å²) in [5.74, 6) is -1.45. The molecule has 3 aromatic carbocycles. The molecule has 202 valence electrons. The fourth-order valence-corrected chi connectivity index (χ4v) is 4.14. The highest BCUT2D eigenvalue weighted by molar-refractivity contribution is 7.86. The fraction of sp³-hybridized carbons (Fsp3) is 0.310. The van der Waals surface area contributed by atoms with Crippen LogP contribution < -0.4 is 15.2 Å². The molecule has 3 aromatic rings. The predicted octanol–water partition coefficient (Wildman–Crippen LogP) is 5.13. The minimum absolute atomic E-state index is 0.0257. The van der Waals surface area contributed by atoms with Crippen LogP contribution in [0.25, 0.3) is 0 Å². The smallest absolute Gasteiger partial charge is 0.343 e. The molecule has 0 aliphatic carbocycles. The summed E-state index contributed by atoms with van der Waals surface area (Å²) in [5.41, 5.74) is 8.75. The van der Waals surface area contributed by atoms with Crippen molar-refractivity contribution in [1.82, 2.24) is 0 Å². The van der Waals surface area contributed by atoms with E-state index in [1.807, 2.05) is 34.6 Å². The summed E-state index contributed by atoms with van der Waals surface area (Å²) in [4.78, 5) is 25.8. The van der Waals surface area contributed by atoms with Crippen molar-refractivity contribution in [2.45, 2.75) is 46.8 Å². The summed E-state index contributed by atoms with van der Waals surface area (Å²) in [6.07, 6.45) is -0.158. The van der Waals surface area contributed by atoms with Crippen LogP contribution in [0.3, 0.4) is 0 Å². The highest BCUT2D eigenvalue weighted by Crippen LogP contribution is 2.37. The van der Waals surface area contributed by atoms with Gasteiger partial charge in [0.2, 0.25) is 0 Å². The Hall–Kier alpha value is -3.53. The molecular weight excluding hydrogens is 506 g/mol. The number of esters is 2. The lowest BCUT2D eigenvalue weighted by atomic mass is 9.82. The lowest BCUT2D eigenvalue weighted by Crippen LogP contribution is -2.42. The molecule has 0 aliphatic heterocycles. The molecule has 3 rings (SSSR count). The van der Waals surface area contributed by atoms with Crippen molar-refractivity contribution in [3.05, 3.63) is 94.5 Å². The molecule has 0 aliphatic rings. The summed E-state index contributed by atoms with van der Waals surface area (Å²) >= 11 is 0. The van der Waals surface area contributed by atoms with E-state index in [9.17, 15) is 18.0 Å². The zero-order chi connectivity index (χ0) is 28.3. The SMILES string of the molecule is Cc1ccc(C(=O)Oc2ccc(C(OS(C)(=O)=O)C(N)C(C)(C)C)cc2OC(=O)c2ccc(C)cc2)cc1. The Balaban J connectivity index is 2.05. The van der Waals surface area contributed by atoms with Gasteiger partial charge in [-0.05, 0) is 61.2 Å². The third-order valence-corrected chi connectivity index (χ3v) is 6.44.